The van der Waals surface area contributed by atoms with Crippen LogP contribution in [0.4, 0.5) is 0 Å². The number of ketones is 1. The second-order valence-electron chi connectivity index (χ2n) is 6.54. The van der Waals surface area contributed by atoms with Crippen molar-refractivity contribution in [2.24, 2.45) is 0 Å². The van der Waals surface area contributed by atoms with E-state index >= 15 is 0 Å². The molecule has 0 saturated carbocycles. The Morgan fingerprint density at radius 2 is 1.66 bits per heavy atom. The average molecular weight is 390 g/mol. The number of aromatic hydroxyl groups is 2. The van der Waals surface area contributed by atoms with Gasteiger partial charge in [-0.3, -0.25) is 14.4 Å². The van der Waals surface area contributed by atoms with Crippen LogP contribution in [0, 0.1) is 0 Å². The molecule has 0 atom stereocenters. The lowest BCUT2D eigenvalue weighted by Crippen LogP contribution is -2.22. The molecule has 7 heteroatoms. The number of phenolic OH excluding ortho intramolecular Hbond substituents is 1. The topological polar surface area (TPSA) is 125 Å². The summed E-state index contributed by atoms with van der Waals surface area (Å²) in [6.45, 7) is 1.18. The van der Waals surface area contributed by atoms with Gasteiger partial charge in [0.25, 0.3) is 5.95 Å². The molecule has 0 aliphatic heterocycles. The molecular formula is C22H14O7. The van der Waals surface area contributed by atoms with Crippen LogP contribution in [0.5, 0.6) is 11.7 Å². The first-order valence-corrected chi connectivity index (χ1v) is 8.58. The summed E-state index contributed by atoms with van der Waals surface area (Å²) >= 11 is 0. The first kappa shape index (κ1) is 18.2. The van der Waals surface area contributed by atoms with E-state index in [9.17, 15) is 29.7 Å². The zero-order valence-corrected chi connectivity index (χ0v) is 15.1. The van der Waals surface area contributed by atoms with Crippen LogP contribution in [-0.4, -0.2) is 21.1 Å². The second kappa shape index (κ2) is 6.49. The molecule has 0 fully saturated rings. The summed E-state index contributed by atoms with van der Waals surface area (Å²) in [5, 5.41) is 31.5. The van der Waals surface area contributed by atoms with Crippen LogP contribution < -0.4 is 16.1 Å². The average Bonchev–Trinajstić information content (AvgIpc) is 2.67. The Morgan fingerprint density at radius 3 is 2.34 bits per heavy atom. The summed E-state index contributed by atoms with van der Waals surface area (Å²) in [5.41, 5.74) is -1.34. The predicted molar refractivity (Wildman–Crippen MR) is 106 cm³/mol. The van der Waals surface area contributed by atoms with Crippen molar-refractivity contribution in [1.82, 2.24) is 0 Å². The number of rotatable bonds is 2. The number of carbonyl (C=O) groups is 1. The highest BCUT2D eigenvalue weighted by atomic mass is 16.5. The zero-order chi connectivity index (χ0) is 20.9. The Hall–Kier alpha value is -4.13. The van der Waals surface area contributed by atoms with E-state index in [2.05, 4.69) is 0 Å². The number of hydrogen-bond donors (Lipinski definition) is 3. The Balaban J connectivity index is 2.38. The van der Waals surface area contributed by atoms with Gasteiger partial charge in [-0.1, -0.05) is 12.1 Å². The van der Waals surface area contributed by atoms with Gasteiger partial charge >= 0.3 is 0 Å². The van der Waals surface area contributed by atoms with Crippen molar-refractivity contribution in [1.29, 1.82) is 0 Å². The molecule has 1 heterocycles. The third-order valence-corrected chi connectivity index (χ3v) is 4.72. The van der Waals surface area contributed by atoms with Crippen molar-refractivity contribution in [3.63, 3.8) is 0 Å². The molecule has 4 rings (SSSR count). The van der Waals surface area contributed by atoms with Crippen LogP contribution in [0.25, 0.3) is 27.5 Å². The van der Waals surface area contributed by atoms with Gasteiger partial charge in [0.2, 0.25) is 5.43 Å². The molecule has 0 amide bonds. The van der Waals surface area contributed by atoms with Crippen molar-refractivity contribution in [2.75, 3.05) is 0 Å². The highest BCUT2D eigenvalue weighted by Crippen LogP contribution is 2.30. The van der Waals surface area contributed by atoms with Crippen LogP contribution in [0.1, 0.15) is 22.8 Å². The quantitative estimate of drug-likeness (QED) is 0.354. The SMILES string of the molecule is CC(=O)c1c/c(=C(/O)c2ccccc2O)c2c(c(O)oc3cc(=O)ccc32)c1=O. The number of hydrogen-bond acceptors (Lipinski definition) is 7. The molecule has 4 aromatic rings. The molecule has 0 saturated heterocycles. The van der Waals surface area contributed by atoms with Crippen LogP contribution in [0.2, 0.25) is 0 Å². The fourth-order valence-corrected chi connectivity index (χ4v) is 3.36. The van der Waals surface area contributed by atoms with Gasteiger partial charge < -0.3 is 19.7 Å². The van der Waals surface area contributed by atoms with Gasteiger partial charge in [-0.15, -0.1) is 0 Å². The number of benzene rings is 3. The zero-order valence-electron chi connectivity index (χ0n) is 15.1. The monoisotopic (exact) mass is 390 g/mol. The maximum Gasteiger partial charge on any atom is 0.294 e. The molecule has 0 radical (unpaired) electrons. The first-order valence-electron chi connectivity index (χ1n) is 8.58. The maximum atomic E-state index is 12.8. The molecule has 144 valence electrons. The lowest BCUT2D eigenvalue weighted by Gasteiger charge is -2.10. The molecule has 7 nitrogen and oxygen atoms in total. The van der Waals surface area contributed by atoms with E-state index in [4.69, 9.17) is 4.42 Å². The lowest BCUT2D eigenvalue weighted by atomic mass is 9.97. The highest BCUT2D eigenvalue weighted by Gasteiger charge is 2.20. The molecule has 29 heavy (non-hydrogen) atoms. The van der Waals surface area contributed by atoms with E-state index < -0.39 is 22.9 Å². The van der Waals surface area contributed by atoms with E-state index in [-0.39, 0.29) is 49.3 Å². The second-order valence-corrected chi connectivity index (χ2v) is 6.54. The summed E-state index contributed by atoms with van der Waals surface area (Å²) in [5.74, 6) is -1.98. The summed E-state index contributed by atoms with van der Waals surface area (Å²) in [7, 11) is 0. The Labute approximate surface area is 162 Å². The fourth-order valence-electron chi connectivity index (χ4n) is 3.36. The van der Waals surface area contributed by atoms with Crippen LogP contribution in [-0.2, 0) is 0 Å². The van der Waals surface area contributed by atoms with Gasteiger partial charge in [-0.2, -0.15) is 0 Å². The van der Waals surface area contributed by atoms with Crippen LogP contribution >= 0.6 is 0 Å². The standard InChI is InChI=1S/C22H14O7/c1-10(23)14-9-15(20(26)12-4-2-3-5-16(12)25)18-13-7-6-11(24)8-17(13)29-22(28)19(18)21(14)27/h2-9,25-26,28H,1H3/b20-15-. The molecular weight excluding hydrogens is 376 g/mol. The fraction of sp³-hybridized carbons (Fsp3) is 0.0455. The third kappa shape index (κ3) is 2.80. The largest absolute Gasteiger partial charge is 0.507 e. The van der Waals surface area contributed by atoms with Crippen molar-refractivity contribution >= 4 is 33.3 Å². The number of para-hydroxylation sites is 1. The molecule has 0 bridgehead atoms. The molecule has 0 aliphatic carbocycles. The Bertz CT molecular complexity index is 1500. The number of fused-ring (bicyclic) bond motifs is 3. The summed E-state index contributed by atoms with van der Waals surface area (Å²) in [6.07, 6.45) is 0. The van der Waals surface area contributed by atoms with Gasteiger partial charge in [0.05, 0.1) is 11.1 Å². The summed E-state index contributed by atoms with van der Waals surface area (Å²) in [4.78, 5) is 36.5. The van der Waals surface area contributed by atoms with Crippen molar-refractivity contribution < 1.29 is 24.5 Å². The first-order chi connectivity index (χ1) is 13.8. The number of carbonyl (C=O) groups excluding carboxylic acids is 1. The van der Waals surface area contributed by atoms with E-state index in [1.54, 1.807) is 12.1 Å². The molecule has 0 aliphatic rings. The third-order valence-electron chi connectivity index (χ3n) is 4.72. The molecule has 1 aromatic heterocycles. The van der Waals surface area contributed by atoms with E-state index in [1.165, 1.54) is 37.3 Å². The number of Topliss-reactive ketones (excluding diaryl/α,β-unsaturated/α-hetero) is 1. The van der Waals surface area contributed by atoms with Crippen molar-refractivity contribution in [3.05, 3.63) is 85.3 Å². The van der Waals surface area contributed by atoms with Crippen LogP contribution in [0.15, 0.2) is 62.5 Å². The van der Waals surface area contributed by atoms with E-state index in [1.807, 2.05) is 0 Å². The number of phenols is 1. The lowest BCUT2D eigenvalue weighted by molar-refractivity contribution is 0.101. The minimum atomic E-state index is -0.780. The predicted octanol–water partition coefficient (Wildman–Crippen LogP) is 2.35. The molecule has 0 spiro atoms. The Morgan fingerprint density at radius 1 is 0.931 bits per heavy atom. The van der Waals surface area contributed by atoms with Crippen molar-refractivity contribution in [3.8, 4) is 11.7 Å². The van der Waals surface area contributed by atoms with Gasteiger partial charge in [0, 0.05) is 22.1 Å². The van der Waals surface area contributed by atoms with Gasteiger partial charge in [0.1, 0.15) is 22.5 Å². The molecule has 3 aromatic carbocycles. The van der Waals surface area contributed by atoms with E-state index in [0.29, 0.717) is 0 Å². The molecule has 3 N–H and O–H groups in total. The number of aliphatic hydroxyl groups excluding tert-OH is 1. The van der Waals surface area contributed by atoms with Crippen LogP contribution in [0.3, 0.4) is 0 Å². The summed E-state index contributed by atoms with van der Waals surface area (Å²) in [6, 6.07) is 11.0. The minimum absolute atomic E-state index is 0.00353. The van der Waals surface area contributed by atoms with Gasteiger partial charge in [-0.05, 0) is 37.3 Å². The normalized spacial score (nSPS) is 12.3. The highest BCUT2D eigenvalue weighted by molar-refractivity contribution is 6.10. The minimum Gasteiger partial charge on any atom is -0.507 e. The van der Waals surface area contributed by atoms with Gasteiger partial charge in [-0.25, -0.2) is 0 Å². The number of aliphatic hydroxyl groups is 1. The Kier molecular flexibility index (Phi) is 4.08. The molecule has 0 unspecified atom stereocenters. The summed E-state index contributed by atoms with van der Waals surface area (Å²) < 4.78 is 5.24. The van der Waals surface area contributed by atoms with E-state index in [0.717, 1.165) is 6.07 Å². The smallest absolute Gasteiger partial charge is 0.294 e. The van der Waals surface area contributed by atoms with Gasteiger partial charge in [0.15, 0.2) is 11.2 Å². The maximum absolute atomic E-state index is 12.8. The van der Waals surface area contributed by atoms with Crippen molar-refractivity contribution in [2.45, 2.75) is 6.92 Å².